The summed E-state index contributed by atoms with van der Waals surface area (Å²) in [7, 11) is 0. The van der Waals surface area contributed by atoms with E-state index in [9.17, 15) is 8.78 Å². The summed E-state index contributed by atoms with van der Waals surface area (Å²) in [4.78, 5) is 7.99. The molecule has 2 aromatic heterocycles. The molecule has 0 atom stereocenters. The van der Waals surface area contributed by atoms with Gasteiger partial charge in [0.1, 0.15) is 4.60 Å². The van der Waals surface area contributed by atoms with Gasteiger partial charge in [-0.1, -0.05) is 29.3 Å². The second-order valence-electron chi connectivity index (χ2n) is 4.95. The highest BCUT2D eigenvalue weighted by Gasteiger charge is 2.31. The van der Waals surface area contributed by atoms with Crippen LogP contribution >= 0.6 is 39.1 Å². The maximum absolute atomic E-state index is 12.9. The summed E-state index contributed by atoms with van der Waals surface area (Å²) in [6.45, 7) is 0. The molecule has 1 aliphatic rings. The molecular weight excluding hydrogens is 409 g/mol. The molecule has 2 heterocycles. The van der Waals surface area contributed by atoms with E-state index in [2.05, 4.69) is 25.9 Å². The van der Waals surface area contributed by atoms with Crippen LogP contribution in [-0.2, 0) is 0 Å². The topological polar surface area (TPSA) is 25.8 Å². The predicted molar refractivity (Wildman–Crippen MR) is 93.0 cm³/mol. The third kappa shape index (κ3) is 6.16. The Morgan fingerprint density at radius 3 is 2.17 bits per heavy atom. The minimum absolute atomic E-state index is 0.104. The molecule has 0 N–H and O–H groups in total. The first-order valence-electron chi connectivity index (χ1n) is 6.81. The second-order valence-corrected chi connectivity index (χ2v) is 6.63. The number of allylic oxidation sites excluding steroid dienone is 2. The Morgan fingerprint density at radius 2 is 1.70 bits per heavy atom. The molecule has 0 saturated heterocycles. The molecule has 0 spiro atoms. The third-order valence-corrected chi connectivity index (χ3v) is 4.05. The number of hydrogen-bond acceptors (Lipinski definition) is 2. The fourth-order valence-corrected chi connectivity index (χ4v) is 2.80. The van der Waals surface area contributed by atoms with Gasteiger partial charge in [-0.05, 0) is 52.2 Å². The van der Waals surface area contributed by atoms with Crippen molar-refractivity contribution in [3.8, 4) is 0 Å². The van der Waals surface area contributed by atoms with E-state index < -0.39 is 5.92 Å². The van der Waals surface area contributed by atoms with Crippen LogP contribution in [0.3, 0.4) is 0 Å². The molecule has 0 aromatic carbocycles. The van der Waals surface area contributed by atoms with Crippen molar-refractivity contribution in [3.63, 3.8) is 0 Å². The van der Waals surface area contributed by atoms with Crippen molar-refractivity contribution in [3.05, 3.63) is 63.1 Å². The van der Waals surface area contributed by atoms with Crippen molar-refractivity contribution >= 4 is 44.7 Å². The molecule has 23 heavy (non-hydrogen) atoms. The van der Waals surface area contributed by atoms with Gasteiger partial charge in [-0.3, -0.25) is 4.98 Å². The molecule has 3 rings (SSSR count). The van der Waals surface area contributed by atoms with Crippen molar-refractivity contribution in [2.45, 2.75) is 25.2 Å². The minimum Gasteiger partial charge on any atom is -0.257 e. The summed E-state index contributed by atoms with van der Waals surface area (Å²) >= 11 is 14.5. The molecule has 7 heteroatoms. The van der Waals surface area contributed by atoms with Gasteiger partial charge in [-0.2, -0.15) is 0 Å². The Labute approximate surface area is 151 Å². The summed E-state index contributed by atoms with van der Waals surface area (Å²) in [5.41, 5.74) is 1.57. The van der Waals surface area contributed by atoms with Crippen LogP contribution in [0.4, 0.5) is 8.78 Å². The predicted octanol–water partition coefficient (Wildman–Crippen LogP) is 6.44. The summed E-state index contributed by atoms with van der Waals surface area (Å²) in [5, 5.41) is 1.28. The molecule has 2 nitrogen and oxygen atoms in total. The van der Waals surface area contributed by atoms with E-state index >= 15 is 0 Å². The highest BCUT2D eigenvalue weighted by Crippen LogP contribution is 2.35. The van der Waals surface area contributed by atoms with Crippen LogP contribution in [0, 0.1) is 0 Å². The Bertz CT molecular complexity index is 691. The smallest absolute Gasteiger partial charge is 0.251 e. The van der Waals surface area contributed by atoms with Crippen LogP contribution in [0.1, 0.15) is 25.0 Å². The molecular formula is C16H13BrCl2F2N2. The lowest BCUT2D eigenvalue weighted by Gasteiger charge is -2.21. The van der Waals surface area contributed by atoms with E-state index in [1.165, 1.54) is 0 Å². The number of nitrogens with zero attached hydrogens (tertiary/aromatic N) is 2. The number of halogens is 5. The summed E-state index contributed by atoms with van der Waals surface area (Å²) in [6, 6.07) is 6.84. The van der Waals surface area contributed by atoms with Gasteiger partial charge in [0.25, 0.3) is 5.92 Å². The van der Waals surface area contributed by atoms with Crippen LogP contribution in [-0.4, -0.2) is 15.9 Å². The molecule has 0 bridgehead atoms. The fraction of sp³-hybridized carbons (Fsp3) is 0.250. The number of rotatable bonds is 1. The zero-order valence-electron chi connectivity index (χ0n) is 11.9. The van der Waals surface area contributed by atoms with Gasteiger partial charge in [-0.25, -0.2) is 13.8 Å². The van der Waals surface area contributed by atoms with Crippen LogP contribution in [0.2, 0.25) is 10.0 Å². The lowest BCUT2D eigenvalue weighted by molar-refractivity contribution is -0.00605. The highest BCUT2D eigenvalue weighted by molar-refractivity contribution is 9.10. The Morgan fingerprint density at radius 1 is 1.04 bits per heavy atom. The lowest BCUT2D eigenvalue weighted by atomic mass is 9.94. The van der Waals surface area contributed by atoms with E-state index in [1.54, 1.807) is 42.7 Å². The SMILES string of the molecule is Clc1ccnc(Br)c1.FC1(F)CC=C(c2cc(Cl)ccn2)CC1. The van der Waals surface area contributed by atoms with Crippen molar-refractivity contribution in [1.82, 2.24) is 9.97 Å². The van der Waals surface area contributed by atoms with Gasteiger partial charge in [0, 0.05) is 35.3 Å². The molecule has 122 valence electrons. The quantitative estimate of drug-likeness (QED) is 0.495. The first-order valence-corrected chi connectivity index (χ1v) is 8.36. The minimum atomic E-state index is -2.55. The van der Waals surface area contributed by atoms with Crippen LogP contribution in [0.15, 0.2) is 47.3 Å². The number of alkyl halides is 2. The molecule has 0 unspecified atom stereocenters. The van der Waals surface area contributed by atoms with Gasteiger partial charge >= 0.3 is 0 Å². The molecule has 1 aliphatic carbocycles. The average Bonchev–Trinajstić information content (AvgIpc) is 2.47. The van der Waals surface area contributed by atoms with Gasteiger partial charge in [0.2, 0.25) is 0 Å². The Kier molecular flexibility index (Phi) is 6.50. The van der Waals surface area contributed by atoms with E-state index in [0.29, 0.717) is 22.2 Å². The second kappa shape index (κ2) is 8.18. The average molecular weight is 422 g/mol. The normalized spacial score (nSPS) is 16.1. The fourth-order valence-electron chi connectivity index (χ4n) is 1.99. The zero-order chi connectivity index (χ0) is 16.9. The molecule has 0 radical (unpaired) electrons. The van der Waals surface area contributed by atoms with Crippen LogP contribution in [0.25, 0.3) is 5.57 Å². The zero-order valence-corrected chi connectivity index (χ0v) is 15.0. The molecule has 0 aliphatic heterocycles. The molecule has 2 aromatic rings. The van der Waals surface area contributed by atoms with E-state index in [4.69, 9.17) is 23.2 Å². The van der Waals surface area contributed by atoms with Crippen molar-refractivity contribution in [1.29, 1.82) is 0 Å². The van der Waals surface area contributed by atoms with Gasteiger partial charge in [0.15, 0.2) is 0 Å². The Balaban J connectivity index is 0.000000203. The maximum Gasteiger partial charge on any atom is 0.251 e. The van der Waals surface area contributed by atoms with Gasteiger partial charge < -0.3 is 0 Å². The van der Waals surface area contributed by atoms with Crippen molar-refractivity contribution < 1.29 is 8.78 Å². The number of pyridine rings is 2. The van der Waals surface area contributed by atoms with E-state index in [0.717, 1.165) is 10.2 Å². The first-order chi connectivity index (χ1) is 10.9. The summed E-state index contributed by atoms with van der Waals surface area (Å²) < 4.78 is 26.5. The van der Waals surface area contributed by atoms with E-state index in [1.807, 2.05) is 0 Å². The van der Waals surface area contributed by atoms with Crippen LogP contribution in [0.5, 0.6) is 0 Å². The monoisotopic (exact) mass is 420 g/mol. The standard InChI is InChI=1S/C11H10ClF2N.C5H3BrClN/c12-9-3-6-15-10(7-9)8-1-4-11(13,14)5-2-8;6-5-3-4(7)1-2-8-5/h1,3,6-7H,2,4-5H2;1-3H. The number of aromatic nitrogens is 2. The number of hydrogen-bond donors (Lipinski definition) is 0. The molecule has 0 amide bonds. The Hall–Kier alpha value is -1.04. The van der Waals surface area contributed by atoms with Crippen LogP contribution < -0.4 is 0 Å². The highest BCUT2D eigenvalue weighted by atomic mass is 79.9. The maximum atomic E-state index is 12.9. The third-order valence-electron chi connectivity index (χ3n) is 3.15. The first kappa shape index (κ1) is 18.3. The molecule has 0 saturated carbocycles. The van der Waals surface area contributed by atoms with Crippen molar-refractivity contribution in [2.24, 2.45) is 0 Å². The lowest BCUT2D eigenvalue weighted by Crippen LogP contribution is -2.18. The van der Waals surface area contributed by atoms with Gasteiger partial charge in [0.05, 0.1) is 5.69 Å². The summed E-state index contributed by atoms with van der Waals surface area (Å²) in [5.74, 6) is -2.55. The van der Waals surface area contributed by atoms with Gasteiger partial charge in [-0.15, -0.1) is 0 Å². The van der Waals surface area contributed by atoms with Crippen molar-refractivity contribution in [2.75, 3.05) is 0 Å². The van der Waals surface area contributed by atoms with E-state index in [-0.39, 0.29) is 12.8 Å². The largest absolute Gasteiger partial charge is 0.257 e. The molecule has 0 fully saturated rings. The summed E-state index contributed by atoms with van der Waals surface area (Å²) in [6.07, 6.45) is 4.85.